The first kappa shape index (κ1) is 36.5. The Balaban J connectivity index is 1.44. The van der Waals surface area contributed by atoms with Crippen LogP contribution in [0.25, 0.3) is 0 Å². The van der Waals surface area contributed by atoms with Crippen LogP contribution in [-0.2, 0) is 14.3 Å². The predicted octanol–water partition coefficient (Wildman–Crippen LogP) is 1.79. The number of aliphatic hydroxyl groups excluding tert-OH is 2. The number of likely N-dealkylation sites (tertiary alicyclic amines) is 2. The zero-order valence-corrected chi connectivity index (χ0v) is 27.2. The van der Waals surface area contributed by atoms with E-state index in [2.05, 4.69) is 0 Å². The molecule has 2 aliphatic rings. The monoisotopic (exact) mass is 688 g/mol. The molecule has 2 aromatic carbocycles. The van der Waals surface area contributed by atoms with E-state index in [-0.39, 0.29) is 79.7 Å². The van der Waals surface area contributed by atoms with Crippen LogP contribution >= 0.6 is 0 Å². The lowest BCUT2D eigenvalue weighted by molar-refractivity contribution is -0.385. The third-order valence-corrected chi connectivity index (χ3v) is 8.35. The van der Waals surface area contributed by atoms with Gasteiger partial charge in [-0.05, 0) is 25.5 Å². The first-order valence-corrected chi connectivity index (χ1v) is 15.2. The van der Waals surface area contributed by atoms with Gasteiger partial charge in [0.15, 0.2) is 11.5 Å². The summed E-state index contributed by atoms with van der Waals surface area (Å²) >= 11 is 0. The molecular weight excluding hydrogens is 652 g/mol. The summed E-state index contributed by atoms with van der Waals surface area (Å²) in [5.41, 5.74) is -1.46. The van der Waals surface area contributed by atoms with Crippen LogP contribution in [0.15, 0.2) is 24.3 Å². The Morgan fingerprint density at radius 1 is 0.837 bits per heavy atom. The lowest BCUT2D eigenvalue weighted by Gasteiger charge is -2.22. The number of ether oxygens (including phenoxy) is 4. The van der Waals surface area contributed by atoms with Crippen LogP contribution in [-0.4, -0.2) is 112 Å². The molecule has 0 saturated carbocycles. The molecule has 49 heavy (non-hydrogen) atoms. The van der Waals surface area contributed by atoms with Crippen LogP contribution in [0.5, 0.6) is 17.2 Å². The number of esters is 1. The molecule has 18 nitrogen and oxygen atoms in total. The fourth-order valence-corrected chi connectivity index (χ4v) is 5.76. The van der Waals surface area contributed by atoms with Gasteiger partial charge in [-0.15, -0.1) is 0 Å². The van der Waals surface area contributed by atoms with Gasteiger partial charge >= 0.3 is 5.97 Å². The van der Waals surface area contributed by atoms with Crippen LogP contribution in [0.3, 0.4) is 0 Å². The largest absolute Gasteiger partial charge is 0.493 e. The highest BCUT2D eigenvalue weighted by atomic mass is 16.6. The summed E-state index contributed by atoms with van der Waals surface area (Å²) in [7, 11) is 2.40. The number of aryl methyl sites for hydroxylation is 1. The molecule has 2 amide bonds. The number of Topliss-reactive ketones (excluding diaryl/α,β-unsaturated/α-hetero) is 1. The summed E-state index contributed by atoms with van der Waals surface area (Å²) in [6.45, 7) is 2.52. The quantitative estimate of drug-likeness (QED) is 0.132. The summed E-state index contributed by atoms with van der Waals surface area (Å²) in [6.07, 6.45) is -2.16. The van der Waals surface area contributed by atoms with E-state index in [0.29, 0.717) is 5.56 Å². The van der Waals surface area contributed by atoms with Gasteiger partial charge in [0.1, 0.15) is 34.9 Å². The zero-order valence-electron chi connectivity index (χ0n) is 27.2. The molecule has 2 fully saturated rings. The number of hydrogen-bond donors (Lipinski definition) is 2. The van der Waals surface area contributed by atoms with Gasteiger partial charge in [0.25, 0.3) is 23.2 Å². The van der Waals surface area contributed by atoms with Gasteiger partial charge in [0.2, 0.25) is 0 Å². The van der Waals surface area contributed by atoms with E-state index < -0.39 is 63.3 Å². The topological polar surface area (TPSA) is 238 Å². The second kappa shape index (κ2) is 15.2. The Bertz CT molecular complexity index is 1660. The number of hydrogen-bond acceptors (Lipinski definition) is 14. The first-order chi connectivity index (χ1) is 23.2. The normalized spacial score (nSPS) is 20.1. The van der Waals surface area contributed by atoms with Crippen molar-refractivity contribution in [1.29, 1.82) is 0 Å². The second-order valence-corrected chi connectivity index (χ2v) is 11.6. The molecule has 0 radical (unpaired) electrons. The smallest absolute Gasteiger partial charge is 0.328 e. The van der Waals surface area contributed by atoms with Gasteiger partial charge in [-0.25, -0.2) is 4.79 Å². The number of aliphatic hydroxyl groups is 2. The second-order valence-electron chi connectivity index (χ2n) is 11.6. The minimum absolute atomic E-state index is 0.00152. The first-order valence-electron chi connectivity index (χ1n) is 15.2. The fraction of sp³-hybridized carbons (Fsp3) is 0.484. The van der Waals surface area contributed by atoms with Crippen LogP contribution < -0.4 is 14.2 Å². The molecule has 4 atom stereocenters. The summed E-state index contributed by atoms with van der Waals surface area (Å²) < 4.78 is 21.4. The molecule has 0 bridgehead atoms. The molecule has 2 heterocycles. The zero-order chi connectivity index (χ0) is 36.2. The number of nitro benzene ring substituents is 2. The molecule has 0 aromatic heterocycles. The highest BCUT2D eigenvalue weighted by Crippen LogP contribution is 2.37. The molecule has 18 heteroatoms. The van der Waals surface area contributed by atoms with Crippen molar-refractivity contribution in [3.05, 3.63) is 61.2 Å². The van der Waals surface area contributed by atoms with Crippen molar-refractivity contribution in [2.75, 3.05) is 40.5 Å². The highest BCUT2D eigenvalue weighted by Gasteiger charge is 2.42. The molecule has 2 aliphatic heterocycles. The Morgan fingerprint density at radius 3 is 1.96 bits per heavy atom. The fourth-order valence-electron chi connectivity index (χ4n) is 5.76. The van der Waals surface area contributed by atoms with Crippen molar-refractivity contribution < 1.29 is 58.2 Å². The van der Waals surface area contributed by atoms with E-state index in [0.717, 1.165) is 35.1 Å². The number of benzene rings is 2. The van der Waals surface area contributed by atoms with Crippen molar-refractivity contribution in [1.82, 2.24) is 9.80 Å². The van der Waals surface area contributed by atoms with E-state index in [1.165, 1.54) is 20.1 Å². The van der Waals surface area contributed by atoms with Crippen molar-refractivity contribution in [2.24, 2.45) is 5.92 Å². The molecular formula is C31H36N4O14. The van der Waals surface area contributed by atoms with Gasteiger partial charge in [0.05, 0.1) is 55.5 Å². The van der Waals surface area contributed by atoms with Crippen molar-refractivity contribution in [3.63, 3.8) is 0 Å². The van der Waals surface area contributed by atoms with E-state index in [1.54, 1.807) is 6.92 Å². The average molecular weight is 689 g/mol. The molecule has 0 unspecified atom stereocenters. The summed E-state index contributed by atoms with van der Waals surface area (Å²) in [6, 6.07) is 3.40. The third kappa shape index (κ3) is 7.86. The Kier molecular flexibility index (Phi) is 11.3. The van der Waals surface area contributed by atoms with Crippen molar-refractivity contribution >= 4 is 34.9 Å². The van der Waals surface area contributed by atoms with Gasteiger partial charge < -0.3 is 39.0 Å². The van der Waals surface area contributed by atoms with E-state index in [1.807, 2.05) is 0 Å². The number of nitrogens with zero attached hydrogens (tertiary/aromatic N) is 4. The minimum atomic E-state index is -1.29. The Labute approximate surface area is 279 Å². The molecule has 2 aromatic rings. The summed E-state index contributed by atoms with van der Waals surface area (Å²) in [5, 5.41) is 44.2. The lowest BCUT2D eigenvalue weighted by Crippen LogP contribution is -2.41. The van der Waals surface area contributed by atoms with E-state index >= 15 is 0 Å². The van der Waals surface area contributed by atoms with Crippen LogP contribution in [0.2, 0.25) is 0 Å². The molecule has 2 saturated heterocycles. The molecule has 0 spiro atoms. The maximum absolute atomic E-state index is 13.3. The molecule has 2 N–H and O–H groups in total. The van der Waals surface area contributed by atoms with Crippen LogP contribution in [0, 0.1) is 33.1 Å². The molecule has 4 rings (SSSR count). The average Bonchev–Trinajstić information content (AvgIpc) is 3.66. The standard InChI is InChI=1S/C31H36N4O14/c1-16-8-20(29(39)32-15-19(37)10-24(32)31(41)47-4)22(34(42)43)12-25(16)48-6-5-7-49-27-13-23(35(44)45)21(11-26(27)46-3)30(40)33-14-18(17(2)36)9-28(33)38/h8,11-13,18-19,24,28,37-38H,5-7,9-10,14-15H2,1-4H3/t18-,19-,24+,28-/m1/s1. The Hall–Kier alpha value is -5.36. The van der Waals surface area contributed by atoms with Crippen molar-refractivity contribution in [3.8, 4) is 17.2 Å². The number of carbonyl (C=O) groups excluding carboxylic acids is 4. The number of β-amino-alcohol motifs (C(OH)–C–C–N with tert-alkyl or cyclic N) is 1. The number of amides is 2. The SMILES string of the molecule is COC(=O)[C@@H]1C[C@@H](O)CN1C(=O)c1cc(C)c(OCCCOc2cc([N+](=O)[O-])c(C(=O)N3C[C@H](C(C)=O)C[C@H]3O)cc2OC)cc1[N+](=O)[O-]. The van der Waals surface area contributed by atoms with Crippen LogP contribution in [0.1, 0.15) is 52.5 Å². The van der Waals surface area contributed by atoms with Crippen LogP contribution in [0.4, 0.5) is 11.4 Å². The van der Waals surface area contributed by atoms with Gasteiger partial charge in [-0.1, -0.05) is 0 Å². The lowest BCUT2D eigenvalue weighted by atomic mass is 10.0. The highest BCUT2D eigenvalue weighted by molar-refractivity contribution is 6.01. The molecule has 0 aliphatic carbocycles. The predicted molar refractivity (Wildman–Crippen MR) is 166 cm³/mol. The number of carbonyl (C=O) groups is 4. The van der Waals surface area contributed by atoms with E-state index in [9.17, 15) is 49.6 Å². The Morgan fingerprint density at radius 2 is 1.41 bits per heavy atom. The number of nitro groups is 2. The summed E-state index contributed by atoms with van der Waals surface area (Å²) in [5.74, 6) is -3.20. The maximum Gasteiger partial charge on any atom is 0.328 e. The third-order valence-electron chi connectivity index (χ3n) is 8.35. The maximum atomic E-state index is 13.3. The van der Waals surface area contributed by atoms with Gasteiger partial charge in [0, 0.05) is 44.3 Å². The number of rotatable bonds is 13. The summed E-state index contributed by atoms with van der Waals surface area (Å²) in [4.78, 5) is 74.7. The minimum Gasteiger partial charge on any atom is -0.493 e. The van der Waals surface area contributed by atoms with E-state index in [4.69, 9.17) is 18.9 Å². The number of methoxy groups -OCH3 is 2. The number of ketones is 1. The van der Waals surface area contributed by atoms with Gasteiger partial charge in [-0.3, -0.25) is 34.6 Å². The van der Waals surface area contributed by atoms with Gasteiger partial charge in [-0.2, -0.15) is 0 Å². The molecule has 264 valence electrons. The van der Waals surface area contributed by atoms with Crippen molar-refractivity contribution in [2.45, 2.75) is 51.5 Å².